The molecule has 1 aromatic carbocycles. The summed E-state index contributed by atoms with van der Waals surface area (Å²) in [6.45, 7) is 13.0. The Morgan fingerprint density at radius 3 is 2.03 bits per heavy atom. The molecule has 2 rings (SSSR count). The minimum Gasteiger partial charge on any atom is -0.381 e. The molecule has 0 saturated carbocycles. The Morgan fingerprint density at radius 1 is 0.912 bits per heavy atom. The Morgan fingerprint density at radius 2 is 1.44 bits per heavy atom. The van der Waals surface area contributed by atoms with Crippen molar-refractivity contribution in [1.82, 2.24) is 0 Å². The van der Waals surface area contributed by atoms with Gasteiger partial charge in [-0.3, -0.25) is 9.59 Å². The summed E-state index contributed by atoms with van der Waals surface area (Å²) in [5.74, 6) is 1.21. The SMILES string of the molecule is CC(=CCC1C(=O)c2ccccc2C(=O)C1(C)O)CCCC(C)CCCC(C)CCCC(C)C. The number of rotatable bonds is 14. The molecule has 0 saturated heterocycles. The normalized spacial score (nSPS) is 22.7. The highest BCUT2D eigenvalue weighted by atomic mass is 16.3. The lowest BCUT2D eigenvalue weighted by Gasteiger charge is -2.35. The van der Waals surface area contributed by atoms with E-state index in [1.807, 2.05) is 0 Å². The van der Waals surface area contributed by atoms with Gasteiger partial charge in [-0.2, -0.15) is 0 Å². The topological polar surface area (TPSA) is 54.4 Å². The molecular weight excluding hydrogens is 420 g/mol. The summed E-state index contributed by atoms with van der Waals surface area (Å²) in [6, 6.07) is 6.84. The van der Waals surface area contributed by atoms with Crippen LogP contribution in [-0.4, -0.2) is 22.3 Å². The van der Waals surface area contributed by atoms with Gasteiger partial charge in [0.05, 0.1) is 5.92 Å². The van der Waals surface area contributed by atoms with E-state index in [-0.39, 0.29) is 11.6 Å². The zero-order valence-electron chi connectivity index (χ0n) is 22.5. The molecule has 0 aliphatic heterocycles. The van der Waals surface area contributed by atoms with Gasteiger partial charge in [0.15, 0.2) is 11.6 Å². The van der Waals surface area contributed by atoms with Crippen LogP contribution in [0.25, 0.3) is 0 Å². The molecule has 1 aliphatic carbocycles. The molecule has 0 amide bonds. The number of hydrogen-bond acceptors (Lipinski definition) is 3. The second kappa shape index (κ2) is 13.4. The molecule has 3 nitrogen and oxygen atoms in total. The van der Waals surface area contributed by atoms with Gasteiger partial charge >= 0.3 is 0 Å². The van der Waals surface area contributed by atoms with Crippen LogP contribution in [0, 0.1) is 23.7 Å². The minimum atomic E-state index is -1.65. The molecule has 34 heavy (non-hydrogen) atoms. The Kier molecular flexibility index (Phi) is 11.2. The average molecular weight is 469 g/mol. The van der Waals surface area contributed by atoms with E-state index in [0.29, 0.717) is 17.5 Å². The van der Waals surface area contributed by atoms with E-state index >= 15 is 0 Å². The molecular formula is C31H48O3. The number of hydrogen-bond donors (Lipinski definition) is 1. The van der Waals surface area contributed by atoms with Crippen LogP contribution in [0.5, 0.6) is 0 Å². The van der Waals surface area contributed by atoms with Gasteiger partial charge in [0.2, 0.25) is 0 Å². The van der Waals surface area contributed by atoms with Crippen LogP contribution in [0.2, 0.25) is 0 Å². The molecule has 0 spiro atoms. The molecule has 190 valence electrons. The van der Waals surface area contributed by atoms with Gasteiger partial charge < -0.3 is 5.11 Å². The number of carbonyl (C=O) groups is 2. The summed E-state index contributed by atoms with van der Waals surface area (Å²) in [7, 11) is 0. The summed E-state index contributed by atoms with van der Waals surface area (Å²) < 4.78 is 0. The Hall–Kier alpha value is -1.74. The monoisotopic (exact) mass is 468 g/mol. The Balaban J connectivity index is 1.73. The highest BCUT2D eigenvalue weighted by Crippen LogP contribution is 2.36. The number of Topliss-reactive ketones (excluding diaryl/α,β-unsaturated/α-hetero) is 2. The maximum absolute atomic E-state index is 13.0. The first-order valence-corrected chi connectivity index (χ1v) is 13.6. The van der Waals surface area contributed by atoms with Gasteiger partial charge in [-0.25, -0.2) is 0 Å². The van der Waals surface area contributed by atoms with Crippen molar-refractivity contribution in [3.8, 4) is 0 Å². The number of aliphatic hydroxyl groups is 1. The first-order chi connectivity index (χ1) is 16.0. The third-order valence-corrected chi connectivity index (χ3v) is 7.73. The van der Waals surface area contributed by atoms with Crippen LogP contribution >= 0.6 is 0 Å². The third kappa shape index (κ3) is 8.18. The largest absolute Gasteiger partial charge is 0.381 e. The maximum atomic E-state index is 13.0. The first-order valence-electron chi connectivity index (χ1n) is 13.6. The van der Waals surface area contributed by atoms with Crippen LogP contribution in [0.15, 0.2) is 35.9 Å². The van der Waals surface area contributed by atoms with E-state index in [1.165, 1.54) is 57.4 Å². The highest BCUT2D eigenvalue weighted by molar-refractivity contribution is 6.18. The number of allylic oxidation sites excluding steroid dienone is 2. The zero-order valence-corrected chi connectivity index (χ0v) is 22.5. The predicted octanol–water partition coefficient (Wildman–Crippen LogP) is 8.21. The van der Waals surface area contributed by atoms with Crippen LogP contribution < -0.4 is 0 Å². The molecule has 1 aromatic rings. The average Bonchev–Trinajstić information content (AvgIpc) is 2.77. The van der Waals surface area contributed by atoms with E-state index in [9.17, 15) is 14.7 Å². The van der Waals surface area contributed by atoms with Gasteiger partial charge in [0.1, 0.15) is 5.60 Å². The van der Waals surface area contributed by atoms with Crippen molar-refractivity contribution in [3.63, 3.8) is 0 Å². The van der Waals surface area contributed by atoms with Crippen molar-refractivity contribution in [3.05, 3.63) is 47.0 Å². The van der Waals surface area contributed by atoms with Crippen molar-refractivity contribution in [2.45, 2.75) is 111 Å². The number of benzene rings is 1. The van der Waals surface area contributed by atoms with Crippen molar-refractivity contribution in [2.75, 3.05) is 0 Å². The molecule has 0 aromatic heterocycles. The molecule has 3 heteroatoms. The predicted molar refractivity (Wildman–Crippen MR) is 142 cm³/mol. The molecule has 1 aliphatic rings. The van der Waals surface area contributed by atoms with Gasteiger partial charge in [-0.05, 0) is 50.9 Å². The summed E-state index contributed by atoms with van der Waals surface area (Å²) >= 11 is 0. The Bertz CT molecular complexity index is 833. The molecule has 0 bridgehead atoms. The molecule has 0 heterocycles. The smallest absolute Gasteiger partial charge is 0.195 e. The second-order valence-corrected chi connectivity index (χ2v) is 11.6. The lowest BCUT2D eigenvalue weighted by Crippen LogP contribution is -2.50. The fourth-order valence-corrected chi connectivity index (χ4v) is 5.23. The van der Waals surface area contributed by atoms with E-state index in [4.69, 9.17) is 0 Å². The van der Waals surface area contributed by atoms with Crippen molar-refractivity contribution in [2.24, 2.45) is 23.7 Å². The Labute approximate surface area is 208 Å². The summed E-state index contributed by atoms with van der Waals surface area (Å²) in [5, 5.41) is 10.9. The van der Waals surface area contributed by atoms with Crippen molar-refractivity contribution in [1.29, 1.82) is 0 Å². The van der Waals surface area contributed by atoms with E-state index in [1.54, 1.807) is 24.3 Å². The fraction of sp³-hybridized carbons (Fsp3) is 0.677. The standard InChI is InChI=1S/C31H48O3/c1-22(2)12-9-13-23(3)14-10-15-24(4)16-11-17-25(5)20-21-28-29(32)26-18-7-8-19-27(26)30(33)31(28,6)34/h7-8,18-20,22-24,28,34H,9-17,21H2,1-6H3. The first kappa shape index (κ1) is 28.5. The van der Waals surface area contributed by atoms with Gasteiger partial charge in [0.25, 0.3) is 0 Å². The zero-order chi connectivity index (χ0) is 25.3. The lowest BCUT2D eigenvalue weighted by atomic mass is 9.70. The van der Waals surface area contributed by atoms with E-state index in [2.05, 4.69) is 40.7 Å². The summed E-state index contributed by atoms with van der Waals surface area (Å²) in [5.41, 5.74) is 0.371. The number of carbonyl (C=O) groups excluding carboxylic acids is 2. The number of fused-ring (bicyclic) bond motifs is 1. The van der Waals surface area contributed by atoms with Crippen molar-refractivity contribution >= 4 is 11.6 Å². The molecule has 0 radical (unpaired) electrons. The third-order valence-electron chi connectivity index (χ3n) is 7.73. The van der Waals surface area contributed by atoms with Crippen LogP contribution in [0.4, 0.5) is 0 Å². The van der Waals surface area contributed by atoms with Crippen LogP contribution in [-0.2, 0) is 0 Å². The minimum absolute atomic E-state index is 0.128. The van der Waals surface area contributed by atoms with Crippen LogP contribution in [0.3, 0.4) is 0 Å². The van der Waals surface area contributed by atoms with E-state index < -0.39 is 11.5 Å². The van der Waals surface area contributed by atoms with Crippen LogP contribution in [0.1, 0.15) is 126 Å². The molecule has 4 atom stereocenters. The second-order valence-electron chi connectivity index (χ2n) is 11.6. The lowest BCUT2D eigenvalue weighted by molar-refractivity contribution is 0.00810. The fourth-order valence-electron chi connectivity index (χ4n) is 5.23. The molecule has 1 N–H and O–H groups in total. The number of ketones is 2. The molecule has 0 fully saturated rings. The van der Waals surface area contributed by atoms with Crippen molar-refractivity contribution < 1.29 is 14.7 Å². The maximum Gasteiger partial charge on any atom is 0.195 e. The van der Waals surface area contributed by atoms with Gasteiger partial charge in [0, 0.05) is 11.1 Å². The quantitative estimate of drug-likeness (QED) is 0.280. The van der Waals surface area contributed by atoms with E-state index in [0.717, 1.165) is 30.6 Å². The van der Waals surface area contributed by atoms with Gasteiger partial charge in [-0.1, -0.05) is 109 Å². The van der Waals surface area contributed by atoms with Gasteiger partial charge in [-0.15, -0.1) is 0 Å². The summed E-state index contributed by atoms with van der Waals surface area (Å²) in [6.07, 6.45) is 13.9. The molecule has 4 unspecified atom stereocenters. The highest BCUT2D eigenvalue weighted by Gasteiger charge is 2.48. The summed E-state index contributed by atoms with van der Waals surface area (Å²) in [4.78, 5) is 25.8.